The first kappa shape index (κ1) is 13.4. The summed E-state index contributed by atoms with van der Waals surface area (Å²) in [5.74, 6) is 1.47. The van der Waals surface area contributed by atoms with Crippen LogP contribution in [0.15, 0.2) is 17.5 Å². The van der Waals surface area contributed by atoms with Gasteiger partial charge in [-0.2, -0.15) is 0 Å². The first-order valence-electron chi connectivity index (χ1n) is 5.80. The zero-order chi connectivity index (χ0) is 13.1. The normalized spacial score (nSPS) is 10.7. The molecule has 2 nitrogen and oxygen atoms in total. The van der Waals surface area contributed by atoms with Crippen LogP contribution < -0.4 is 4.74 Å². The fourth-order valence-electron chi connectivity index (χ4n) is 1.97. The lowest BCUT2D eigenvalue weighted by molar-refractivity contribution is 0.298. The van der Waals surface area contributed by atoms with Crippen molar-refractivity contribution in [3.63, 3.8) is 0 Å². The third-order valence-electron chi connectivity index (χ3n) is 2.71. The van der Waals surface area contributed by atoms with E-state index in [1.807, 2.05) is 26.2 Å². The first-order chi connectivity index (χ1) is 8.60. The van der Waals surface area contributed by atoms with Gasteiger partial charge in [-0.05, 0) is 37.5 Å². The molecule has 0 N–H and O–H groups in total. The highest BCUT2D eigenvalue weighted by Crippen LogP contribution is 2.26. The number of rotatable bonds is 4. The number of aryl methyl sites for hydroxylation is 3. The zero-order valence-electron chi connectivity index (χ0n) is 10.8. The SMILES string of the molecule is Cc1nc(COc2c(C)cc(CCl)cc2C)cs1. The second-order valence-corrected chi connectivity index (χ2v) is 5.67. The third kappa shape index (κ3) is 3.03. The maximum absolute atomic E-state index is 5.87. The lowest BCUT2D eigenvalue weighted by Gasteiger charge is -2.12. The maximum Gasteiger partial charge on any atom is 0.131 e. The van der Waals surface area contributed by atoms with Crippen LogP contribution in [0.1, 0.15) is 27.4 Å². The van der Waals surface area contributed by atoms with E-state index in [2.05, 4.69) is 17.1 Å². The van der Waals surface area contributed by atoms with Crippen molar-refractivity contribution in [1.82, 2.24) is 4.98 Å². The summed E-state index contributed by atoms with van der Waals surface area (Å²) in [7, 11) is 0. The van der Waals surface area contributed by atoms with Crippen molar-refractivity contribution in [3.05, 3.63) is 44.9 Å². The number of aromatic nitrogens is 1. The third-order valence-corrected chi connectivity index (χ3v) is 3.84. The molecule has 0 radical (unpaired) electrons. The summed E-state index contributed by atoms with van der Waals surface area (Å²) in [6.45, 7) is 6.61. The van der Waals surface area contributed by atoms with Crippen molar-refractivity contribution in [3.8, 4) is 5.75 Å². The zero-order valence-corrected chi connectivity index (χ0v) is 12.4. The van der Waals surface area contributed by atoms with Gasteiger partial charge >= 0.3 is 0 Å². The van der Waals surface area contributed by atoms with Crippen LogP contribution in [-0.4, -0.2) is 4.98 Å². The molecule has 1 heterocycles. The van der Waals surface area contributed by atoms with Crippen molar-refractivity contribution < 1.29 is 4.74 Å². The Bertz CT molecular complexity index is 527. The summed E-state index contributed by atoms with van der Waals surface area (Å²) in [5, 5.41) is 3.10. The second kappa shape index (κ2) is 5.72. The molecule has 0 saturated heterocycles. The number of halogens is 1. The first-order valence-corrected chi connectivity index (χ1v) is 7.21. The van der Waals surface area contributed by atoms with Crippen molar-refractivity contribution in [2.24, 2.45) is 0 Å². The fourth-order valence-corrected chi connectivity index (χ4v) is 2.72. The minimum absolute atomic E-state index is 0.520. The van der Waals surface area contributed by atoms with Gasteiger partial charge in [0.1, 0.15) is 12.4 Å². The number of alkyl halides is 1. The van der Waals surface area contributed by atoms with Crippen LogP contribution in [0.3, 0.4) is 0 Å². The van der Waals surface area contributed by atoms with Gasteiger partial charge in [0.15, 0.2) is 0 Å². The van der Waals surface area contributed by atoms with Crippen molar-refractivity contribution in [1.29, 1.82) is 0 Å². The number of hydrogen-bond donors (Lipinski definition) is 0. The number of hydrogen-bond acceptors (Lipinski definition) is 3. The monoisotopic (exact) mass is 281 g/mol. The lowest BCUT2D eigenvalue weighted by atomic mass is 10.1. The predicted octanol–water partition coefficient (Wildman–Crippen LogP) is 4.39. The maximum atomic E-state index is 5.87. The van der Waals surface area contributed by atoms with Crippen LogP contribution in [0.25, 0.3) is 0 Å². The fraction of sp³-hybridized carbons (Fsp3) is 0.357. The van der Waals surface area contributed by atoms with Crippen LogP contribution in [0.5, 0.6) is 5.75 Å². The molecule has 18 heavy (non-hydrogen) atoms. The molecular formula is C14H16ClNOS. The van der Waals surface area contributed by atoms with E-state index in [-0.39, 0.29) is 0 Å². The van der Waals surface area contributed by atoms with E-state index in [0.29, 0.717) is 12.5 Å². The largest absolute Gasteiger partial charge is 0.487 e. The van der Waals surface area contributed by atoms with E-state index in [1.165, 1.54) is 0 Å². The van der Waals surface area contributed by atoms with Crippen molar-refractivity contribution in [2.45, 2.75) is 33.3 Å². The van der Waals surface area contributed by atoms with Gasteiger partial charge in [-0.3, -0.25) is 0 Å². The Morgan fingerprint density at radius 1 is 1.22 bits per heavy atom. The Morgan fingerprint density at radius 2 is 1.89 bits per heavy atom. The van der Waals surface area contributed by atoms with Gasteiger partial charge in [0.05, 0.1) is 10.7 Å². The molecule has 2 aromatic rings. The molecular weight excluding hydrogens is 266 g/mol. The highest BCUT2D eigenvalue weighted by Gasteiger charge is 2.07. The molecule has 0 fully saturated rings. The molecule has 0 amide bonds. The Balaban J connectivity index is 2.14. The van der Waals surface area contributed by atoms with Crippen LogP contribution in [0, 0.1) is 20.8 Å². The molecule has 0 aliphatic rings. The summed E-state index contributed by atoms with van der Waals surface area (Å²) >= 11 is 7.49. The van der Waals surface area contributed by atoms with E-state index >= 15 is 0 Å². The molecule has 96 valence electrons. The van der Waals surface area contributed by atoms with E-state index < -0.39 is 0 Å². The quantitative estimate of drug-likeness (QED) is 0.776. The van der Waals surface area contributed by atoms with Gasteiger partial charge in [0.25, 0.3) is 0 Å². The topological polar surface area (TPSA) is 22.1 Å². The summed E-state index contributed by atoms with van der Waals surface area (Å²) in [6.07, 6.45) is 0. The molecule has 0 unspecified atom stereocenters. The molecule has 0 saturated carbocycles. The molecule has 0 atom stereocenters. The van der Waals surface area contributed by atoms with Crippen LogP contribution >= 0.6 is 22.9 Å². The van der Waals surface area contributed by atoms with Gasteiger partial charge in [0, 0.05) is 11.3 Å². The van der Waals surface area contributed by atoms with Gasteiger partial charge in [-0.25, -0.2) is 4.98 Å². The Hall–Kier alpha value is -1.06. The highest BCUT2D eigenvalue weighted by molar-refractivity contribution is 7.09. The molecule has 2 rings (SSSR count). The van der Waals surface area contributed by atoms with Crippen molar-refractivity contribution >= 4 is 22.9 Å². The average molecular weight is 282 g/mol. The average Bonchev–Trinajstić information content (AvgIpc) is 2.73. The lowest BCUT2D eigenvalue weighted by Crippen LogP contribution is -2.00. The Morgan fingerprint density at radius 3 is 2.39 bits per heavy atom. The van der Waals surface area contributed by atoms with Gasteiger partial charge in [-0.15, -0.1) is 22.9 Å². The molecule has 0 spiro atoms. The number of benzene rings is 1. The Labute approximate surface area is 117 Å². The van der Waals surface area contributed by atoms with E-state index in [9.17, 15) is 0 Å². The smallest absolute Gasteiger partial charge is 0.131 e. The van der Waals surface area contributed by atoms with E-state index in [0.717, 1.165) is 33.1 Å². The molecule has 1 aromatic carbocycles. The summed E-state index contributed by atoms with van der Waals surface area (Å²) in [5.41, 5.74) is 4.36. The van der Waals surface area contributed by atoms with Crippen LogP contribution in [-0.2, 0) is 12.5 Å². The highest BCUT2D eigenvalue weighted by atomic mass is 35.5. The molecule has 4 heteroatoms. The standard InChI is InChI=1S/C14H16ClNOS/c1-9-4-12(6-15)5-10(2)14(9)17-7-13-8-18-11(3)16-13/h4-5,8H,6-7H2,1-3H3. The summed E-state index contributed by atoms with van der Waals surface area (Å²) < 4.78 is 5.87. The van der Waals surface area contributed by atoms with E-state index in [4.69, 9.17) is 16.3 Å². The minimum Gasteiger partial charge on any atom is -0.487 e. The Kier molecular flexibility index (Phi) is 4.25. The summed E-state index contributed by atoms with van der Waals surface area (Å²) in [4.78, 5) is 4.39. The van der Waals surface area contributed by atoms with E-state index in [1.54, 1.807) is 11.3 Å². The molecule has 0 aliphatic carbocycles. The predicted molar refractivity (Wildman–Crippen MR) is 76.7 cm³/mol. The molecule has 0 aliphatic heterocycles. The summed E-state index contributed by atoms with van der Waals surface area (Å²) in [6, 6.07) is 4.14. The molecule has 1 aromatic heterocycles. The second-order valence-electron chi connectivity index (χ2n) is 4.34. The number of nitrogens with zero attached hydrogens (tertiary/aromatic N) is 1. The van der Waals surface area contributed by atoms with Crippen LogP contribution in [0.4, 0.5) is 0 Å². The minimum atomic E-state index is 0.520. The number of ether oxygens (including phenoxy) is 1. The van der Waals surface area contributed by atoms with Crippen molar-refractivity contribution in [2.75, 3.05) is 0 Å². The van der Waals surface area contributed by atoms with Gasteiger partial charge in [0.2, 0.25) is 0 Å². The van der Waals surface area contributed by atoms with Gasteiger partial charge in [-0.1, -0.05) is 12.1 Å². The molecule has 0 bridgehead atoms. The number of thiazole rings is 1. The van der Waals surface area contributed by atoms with Crippen LogP contribution in [0.2, 0.25) is 0 Å². The van der Waals surface area contributed by atoms with Gasteiger partial charge < -0.3 is 4.74 Å².